The number of aromatic carboxylic acids is 1. The molecule has 4 aromatic carbocycles. The SMILES string of the molecule is CCCCc1ccc(C#Cc2ccc(CNc3ccc(O)c(C(=O)O)c3)cc2C(=O)c2ccc3c(c2)OCO3)cc1. The molecule has 0 fully saturated rings. The number of fused-ring (bicyclic) bond motifs is 1. The summed E-state index contributed by atoms with van der Waals surface area (Å²) in [5.41, 5.74) is 4.73. The molecule has 3 N–H and O–H groups in total. The van der Waals surface area contributed by atoms with E-state index in [-0.39, 0.29) is 23.9 Å². The first kappa shape index (κ1) is 27.4. The van der Waals surface area contributed by atoms with Crippen LogP contribution in [0.3, 0.4) is 0 Å². The maximum Gasteiger partial charge on any atom is 0.339 e. The number of phenols is 1. The Hall–Kier alpha value is -5.22. The molecule has 1 aliphatic heterocycles. The summed E-state index contributed by atoms with van der Waals surface area (Å²) in [6.07, 6.45) is 3.33. The fourth-order valence-electron chi connectivity index (χ4n) is 4.49. The lowest BCUT2D eigenvalue weighted by Gasteiger charge is -2.11. The average molecular weight is 548 g/mol. The van der Waals surface area contributed by atoms with Gasteiger partial charge in [0.15, 0.2) is 17.3 Å². The van der Waals surface area contributed by atoms with Crippen LogP contribution in [0.5, 0.6) is 17.2 Å². The largest absolute Gasteiger partial charge is 0.507 e. The number of anilines is 1. The molecule has 1 aliphatic rings. The normalized spacial score (nSPS) is 11.4. The van der Waals surface area contributed by atoms with Gasteiger partial charge in [-0.15, -0.1) is 0 Å². The summed E-state index contributed by atoms with van der Waals surface area (Å²) < 4.78 is 10.9. The molecule has 0 spiro atoms. The summed E-state index contributed by atoms with van der Waals surface area (Å²) in [7, 11) is 0. The molecule has 0 saturated carbocycles. The van der Waals surface area contributed by atoms with Gasteiger partial charge in [0.1, 0.15) is 11.3 Å². The molecule has 0 amide bonds. The number of ether oxygens (including phenoxy) is 2. The molecule has 1 heterocycles. The lowest BCUT2D eigenvalue weighted by molar-refractivity contribution is 0.0693. The van der Waals surface area contributed by atoms with Gasteiger partial charge in [0.25, 0.3) is 0 Å². The van der Waals surface area contributed by atoms with Crippen LogP contribution >= 0.6 is 0 Å². The highest BCUT2D eigenvalue weighted by Crippen LogP contribution is 2.33. The van der Waals surface area contributed by atoms with Gasteiger partial charge >= 0.3 is 5.97 Å². The summed E-state index contributed by atoms with van der Waals surface area (Å²) in [4.78, 5) is 25.1. The highest BCUT2D eigenvalue weighted by molar-refractivity contribution is 6.11. The second kappa shape index (κ2) is 12.3. The predicted octanol–water partition coefficient (Wildman–Crippen LogP) is 6.40. The number of hydrogen-bond donors (Lipinski definition) is 3. The van der Waals surface area contributed by atoms with E-state index in [4.69, 9.17) is 9.47 Å². The van der Waals surface area contributed by atoms with Gasteiger partial charge in [0, 0.05) is 34.5 Å². The van der Waals surface area contributed by atoms with Crippen molar-refractivity contribution in [3.8, 4) is 29.1 Å². The van der Waals surface area contributed by atoms with Crippen LogP contribution in [-0.2, 0) is 13.0 Å². The minimum Gasteiger partial charge on any atom is -0.507 e. The minimum absolute atomic E-state index is 0.114. The summed E-state index contributed by atoms with van der Waals surface area (Å²) in [5, 5.41) is 22.2. The van der Waals surface area contributed by atoms with Crippen molar-refractivity contribution in [3.63, 3.8) is 0 Å². The topological polar surface area (TPSA) is 105 Å². The fraction of sp³-hybridized carbons (Fsp3) is 0.176. The number of hydrogen-bond acceptors (Lipinski definition) is 6. The number of carbonyl (C=O) groups is 2. The van der Waals surface area contributed by atoms with Gasteiger partial charge in [-0.25, -0.2) is 4.79 Å². The maximum absolute atomic E-state index is 13.7. The predicted molar refractivity (Wildman–Crippen MR) is 156 cm³/mol. The summed E-state index contributed by atoms with van der Waals surface area (Å²) in [5.74, 6) is 5.75. The van der Waals surface area contributed by atoms with Crippen molar-refractivity contribution in [3.05, 3.63) is 118 Å². The van der Waals surface area contributed by atoms with E-state index in [9.17, 15) is 19.8 Å². The van der Waals surface area contributed by atoms with Gasteiger partial charge in [-0.3, -0.25) is 4.79 Å². The Morgan fingerprint density at radius 2 is 1.63 bits per heavy atom. The van der Waals surface area contributed by atoms with Gasteiger partial charge in [-0.05, 0) is 84.6 Å². The van der Waals surface area contributed by atoms with Gasteiger partial charge in [0.05, 0.1) is 0 Å². The smallest absolute Gasteiger partial charge is 0.339 e. The Morgan fingerprint density at radius 1 is 0.854 bits per heavy atom. The van der Waals surface area contributed by atoms with E-state index in [2.05, 4.69) is 36.2 Å². The molecule has 41 heavy (non-hydrogen) atoms. The van der Waals surface area contributed by atoms with Crippen LogP contribution < -0.4 is 14.8 Å². The lowest BCUT2D eigenvalue weighted by atomic mass is 9.95. The Balaban J connectivity index is 1.44. The first-order chi connectivity index (χ1) is 19.9. The quantitative estimate of drug-likeness (QED) is 0.126. The number of rotatable bonds is 9. The number of unbranched alkanes of at least 4 members (excludes halogenated alkanes) is 1. The van der Waals surface area contributed by atoms with Crippen molar-refractivity contribution in [1.82, 2.24) is 0 Å². The molecule has 5 rings (SSSR count). The number of aromatic hydroxyl groups is 1. The zero-order valence-corrected chi connectivity index (χ0v) is 22.6. The molecule has 0 radical (unpaired) electrons. The zero-order valence-electron chi connectivity index (χ0n) is 22.6. The van der Waals surface area contributed by atoms with Crippen molar-refractivity contribution in [1.29, 1.82) is 0 Å². The molecule has 0 atom stereocenters. The van der Waals surface area contributed by atoms with E-state index in [0.29, 0.717) is 40.4 Å². The standard InChI is InChI=1S/C34H29NO6/c1-2-3-4-22-5-7-23(8-6-22)9-11-25-12-10-24(20-35-27-14-15-30(36)29(19-27)34(38)39)17-28(25)33(37)26-13-16-31-32(18-26)41-21-40-31/h5-8,10,12-19,35-36H,2-4,20-21H2,1H3,(H,38,39). The lowest BCUT2D eigenvalue weighted by Crippen LogP contribution is -2.07. The third kappa shape index (κ3) is 6.51. The van der Waals surface area contributed by atoms with Crippen molar-refractivity contribution in [2.45, 2.75) is 32.7 Å². The van der Waals surface area contributed by atoms with E-state index in [1.165, 1.54) is 17.7 Å². The zero-order chi connectivity index (χ0) is 28.8. The number of carbonyl (C=O) groups excluding carboxylic acids is 1. The molecule has 0 saturated heterocycles. The monoisotopic (exact) mass is 547 g/mol. The molecule has 206 valence electrons. The first-order valence-corrected chi connectivity index (χ1v) is 13.4. The molecule has 0 aromatic heterocycles. The second-order valence-electron chi connectivity index (χ2n) is 9.72. The van der Waals surface area contributed by atoms with Gasteiger partial charge < -0.3 is 25.0 Å². The highest BCUT2D eigenvalue weighted by Gasteiger charge is 2.19. The van der Waals surface area contributed by atoms with Gasteiger partial charge in [-0.1, -0.05) is 43.4 Å². The molecule has 7 heteroatoms. The van der Waals surface area contributed by atoms with Crippen LogP contribution in [0.4, 0.5) is 5.69 Å². The number of ketones is 1. The van der Waals surface area contributed by atoms with Gasteiger partial charge in [-0.2, -0.15) is 0 Å². The van der Waals surface area contributed by atoms with Gasteiger partial charge in [0.2, 0.25) is 6.79 Å². The number of carboxylic acid groups (broad SMARTS) is 1. The Morgan fingerprint density at radius 3 is 2.41 bits per heavy atom. The van der Waals surface area contributed by atoms with Crippen LogP contribution in [0.1, 0.15) is 68.3 Å². The van der Waals surface area contributed by atoms with E-state index >= 15 is 0 Å². The van der Waals surface area contributed by atoms with E-state index in [1.54, 1.807) is 30.3 Å². The molecule has 0 aliphatic carbocycles. The Kier molecular flexibility index (Phi) is 8.21. The van der Waals surface area contributed by atoms with Crippen LogP contribution in [0.15, 0.2) is 78.9 Å². The minimum atomic E-state index is -1.22. The number of benzene rings is 4. The van der Waals surface area contributed by atoms with Crippen molar-refractivity contribution >= 4 is 17.4 Å². The average Bonchev–Trinajstić information content (AvgIpc) is 3.47. The Bertz CT molecular complexity index is 1660. The molecular weight excluding hydrogens is 518 g/mol. The molecule has 7 nitrogen and oxygen atoms in total. The van der Waals surface area contributed by atoms with Crippen LogP contribution in [0.25, 0.3) is 0 Å². The fourth-order valence-corrected chi connectivity index (χ4v) is 4.49. The summed E-state index contributed by atoms with van der Waals surface area (Å²) >= 11 is 0. The van der Waals surface area contributed by atoms with Crippen molar-refractivity contribution < 1.29 is 29.3 Å². The molecule has 0 unspecified atom stereocenters. The second-order valence-corrected chi connectivity index (χ2v) is 9.72. The van der Waals surface area contributed by atoms with E-state index in [1.807, 2.05) is 24.3 Å². The number of carboxylic acids is 1. The van der Waals surface area contributed by atoms with Crippen LogP contribution in [0.2, 0.25) is 0 Å². The molecular formula is C34H29NO6. The molecule has 0 bridgehead atoms. The van der Waals surface area contributed by atoms with Crippen LogP contribution in [0, 0.1) is 11.8 Å². The number of nitrogens with one attached hydrogen (secondary N) is 1. The first-order valence-electron chi connectivity index (χ1n) is 13.4. The van der Waals surface area contributed by atoms with Crippen LogP contribution in [-0.4, -0.2) is 28.8 Å². The Labute approximate surface area is 238 Å². The van der Waals surface area contributed by atoms with E-state index < -0.39 is 5.97 Å². The summed E-state index contributed by atoms with van der Waals surface area (Å²) in [6.45, 7) is 2.60. The third-order valence-electron chi connectivity index (χ3n) is 6.80. The van der Waals surface area contributed by atoms with E-state index in [0.717, 1.165) is 30.4 Å². The number of aryl methyl sites for hydroxylation is 1. The highest BCUT2D eigenvalue weighted by atomic mass is 16.7. The van der Waals surface area contributed by atoms with Crippen molar-refractivity contribution in [2.75, 3.05) is 12.1 Å². The third-order valence-corrected chi connectivity index (χ3v) is 6.80. The summed E-state index contributed by atoms with van der Waals surface area (Å²) in [6, 6.07) is 23.0. The van der Waals surface area contributed by atoms with Crippen molar-refractivity contribution in [2.24, 2.45) is 0 Å². The molecule has 4 aromatic rings. The maximum atomic E-state index is 13.7.